The van der Waals surface area contributed by atoms with E-state index in [1.165, 1.54) is 0 Å². The van der Waals surface area contributed by atoms with E-state index < -0.39 is 0 Å². The van der Waals surface area contributed by atoms with Gasteiger partial charge in [0.1, 0.15) is 12.4 Å². The highest BCUT2D eigenvalue weighted by Gasteiger charge is 2.25. The molecule has 0 aliphatic carbocycles. The molecule has 2 fully saturated rings. The minimum Gasteiger partial charge on any atom is -0.489 e. The van der Waals surface area contributed by atoms with Crippen LogP contribution in [0, 0.1) is 0 Å². The molecule has 0 atom stereocenters. The molecule has 0 saturated carbocycles. The van der Waals surface area contributed by atoms with Gasteiger partial charge >= 0.3 is 0 Å². The number of carbonyl (C=O) groups is 2. The molecule has 0 aromatic heterocycles. The molecule has 2 saturated heterocycles. The summed E-state index contributed by atoms with van der Waals surface area (Å²) in [6, 6.07) is 17.3. The van der Waals surface area contributed by atoms with E-state index in [1.54, 1.807) is 0 Å². The fourth-order valence-electron chi connectivity index (χ4n) is 3.98. The van der Waals surface area contributed by atoms with Crippen LogP contribution in [-0.4, -0.2) is 72.3 Å². The maximum Gasteiger partial charge on any atom is 0.253 e. The third kappa shape index (κ3) is 5.19. The molecular weight excluding hydrogens is 378 g/mol. The summed E-state index contributed by atoms with van der Waals surface area (Å²) in [4.78, 5) is 31.2. The van der Waals surface area contributed by atoms with Gasteiger partial charge in [-0.15, -0.1) is 0 Å². The van der Waals surface area contributed by atoms with E-state index in [1.807, 2.05) is 64.4 Å². The Hall–Kier alpha value is -2.86. The third-order valence-corrected chi connectivity index (χ3v) is 5.83. The van der Waals surface area contributed by atoms with Crippen molar-refractivity contribution in [1.29, 1.82) is 0 Å². The molecule has 30 heavy (non-hydrogen) atoms. The lowest BCUT2D eigenvalue weighted by Gasteiger charge is -2.35. The Morgan fingerprint density at radius 1 is 0.767 bits per heavy atom. The summed E-state index contributed by atoms with van der Waals surface area (Å²) < 4.78 is 5.76. The van der Waals surface area contributed by atoms with Crippen molar-refractivity contribution < 1.29 is 14.3 Å². The van der Waals surface area contributed by atoms with E-state index >= 15 is 0 Å². The van der Waals surface area contributed by atoms with Gasteiger partial charge in [-0.05, 0) is 42.7 Å². The summed E-state index contributed by atoms with van der Waals surface area (Å²) in [7, 11) is 0. The lowest BCUT2D eigenvalue weighted by atomic mass is 10.1. The number of para-hydroxylation sites is 1. The van der Waals surface area contributed by atoms with E-state index in [0.717, 1.165) is 50.3 Å². The summed E-state index contributed by atoms with van der Waals surface area (Å²) in [5, 5.41) is 0. The van der Waals surface area contributed by atoms with Gasteiger partial charge in [0.25, 0.3) is 5.91 Å². The van der Waals surface area contributed by atoms with Crippen molar-refractivity contribution in [2.75, 3.05) is 45.8 Å². The molecule has 0 N–H and O–H groups in total. The van der Waals surface area contributed by atoms with Gasteiger partial charge < -0.3 is 14.5 Å². The number of rotatable bonds is 6. The Bertz CT molecular complexity index is 840. The van der Waals surface area contributed by atoms with Gasteiger partial charge in [0, 0.05) is 44.8 Å². The van der Waals surface area contributed by atoms with Gasteiger partial charge in [0.15, 0.2) is 0 Å². The lowest BCUT2D eigenvalue weighted by Crippen LogP contribution is -2.51. The fraction of sp³-hybridized carbons (Fsp3) is 0.417. The second kappa shape index (κ2) is 9.76. The first-order valence-corrected chi connectivity index (χ1v) is 10.8. The van der Waals surface area contributed by atoms with Crippen molar-refractivity contribution >= 4 is 11.8 Å². The van der Waals surface area contributed by atoms with Crippen LogP contribution in [0.25, 0.3) is 0 Å². The monoisotopic (exact) mass is 407 g/mol. The summed E-state index contributed by atoms with van der Waals surface area (Å²) in [6.07, 6.45) is 2.23. The minimum atomic E-state index is 0.0519. The highest BCUT2D eigenvalue weighted by molar-refractivity contribution is 5.94. The van der Waals surface area contributed by atoms with Crippen molar-refractivity contribution in [3.63, 3.8) is 0 Å². The molecule has 2 aliphatic heterocycles. The van der Waals surface area contributed by atoms with E-state index in [4.69, 9.17) is 4.74 Å². The maximum atomic E-state index is 12.8. The van der Waals surface area contributed by atoms with Crippen LogP contribution in [0.15, 0.2) is 54.6 Å². The molecule has 6 nitrogen and oxygen atoms in total. The van der Waals surface area contributed by atoms with Crippen LogP contribution < -0.4 is 4.74 Å². The molecule has 6 heteroatoms. The van der Waals surface area contributed by atoms with Crippen LogP contribution in [-0.2, 0) is 11.4 Å². The van der Waals surface area contributed by atoms with Crippen LogP contribution in [0.5, 0.6) is 5.75 Å². The van der Waals surface area contributed by atoms with E-state index in [0.29, 0.717) is 31.8 Å². The number of ether oxygens (including phenoxy) is 1. The highest BCUT2D eigenvalue weighted by atomic mass is 16.5. The zero-order valence-electron chi connectivity index (χ0n) is 17.3. The molecule has 4 rings (SSSR count). The van der Waals surface area contributed by atoms with Crippen molar-refractivity contribution in [1.82, 2.24) is 14.7 Å². The first-order valence-electron chi connectivity index (χ1n) is 10.8. The standard InChI is InChI=1S/C24H29N3O3/c28-23(26-12-4-5-13-26)18-25-14-16-27(17-15-25)24(29)21-10-8-20(9-11-21)19-30-22-6-2-1-3-7-22/h1-3,6-11H,4-5,12-19H2. The summed E-state index contributed by atoms with van der Waals surface area (Å²) in [5.41, 5.74) is 1.72. The van der Waals surface area contributed by atoms with Crippen molar-refractivity contribution in [2.24, 2.45) is 0 Å². The Morgan fingerprint density at radius 2 is 1.43 bits per heavy atom. The zero-order chi connectivity index (χ0) is 20.8. The molecule has 2 aromatic rings. The van der Waals surface area contributed by atoms with Crippen molar-refractivity contribution in [3.05, 3.63) is 65.7 Å². The van der Waals surface area contributed by atoms with Gasteiger partial charge in [-0.1, -0.05) is 30.3 Å². The molecule has 0 unspecified atom stereocenters. The lowest BCUT2D eigenvalue weighted by molar-refractivity contribution is -0.131. The van der Waals surface area contributed by atoms with E-state index in [-0.39, 0.29) is 11.8 Å². The predicted octanol–water partition coefficient (Wildman–Crippen LogP) is 2.65. The summed E-state index contributed by atoms with van der Waals surface area (Å²) >= 11 is 0. The Kier molecular flexibility index (Phi) is 6.64. The molecule has 0 spiro atoms. The number of likely N-dealkylation sites (tertiary alicyclic amines) is 1. The SMILES string of the molecule is O=C(CN1CCN(C(=O)c2ccc(COc3ccccc3)cc2)CC1)N1CCCC1. The number of piperazine rings is 1. The number of amides is 2. The van der Waals surface area contributed by atoms with E-state index in [2.05, 4.69) is 4.90 Å². The maximum absolute atomic E-state index is 12.8. The average molecular weight is 408 g/mol. The van der Waals surface area contributed by atoms with Gasteiger partial charge in [0.2, 0.25) is 5.91 Å². The molecule has 2 aliphatic rings. The Morgan fingerprint density at radius 3 is 2.10 bits per heavy atom. The van der Waals surface area contributed by atoms with Crippen LogP contribution in [0.4, 0.5) is 0 Å². The number of carbonyl (C=O) groups excluding carboxylic acids is 2. The first kappa shape index (κ1) is 20.4. The normalized spacial score (nSPS) is 17.2. The predicted molar refractivity (Wildman–Crippen MR) is 115 cm³/mol. The van der Waals surface area contributed by atoms with Crippen molar-refractivity contribution in [2.45, 2.75) is 19.4 Å². The molecule has 2 heterocycles. The first-order chi connectivity index (χ1) is 14.7. The van der Waals surface area contributed by atoms with Gasteiger partial charge in [-0.2, -0.15) is 0 Å². The number of hydrogen-bond donors (Lipinski definition) is 0. The Labute approximate surface area is 178 Å². The van der Waals surface area contributed by atoms with Crippen LogP contribution in [0.3, 0.4) is 0 Å². The molecule has 0 radical (unpaired) electrons. The van der Waals surface area contributed by atoms with Crippen molar-refractivity contribution in [3.8, 4) is 5.75 Å². The molecule has 2 amide bonds. The average Bonchev–Trinajstić information content (AvgIpc) is 3.34. The number of benzene rings is 2. The van der Waals surface area contributed by atoms with Gasteiger partial charge in [0.05, 0.1) is 6.54 Å². The Balaban J connectivity index is 1.24. The second-order valence-corrected chi connectivity index (χ2v) is 7.95. The molecular formula is C24H29N3O3. The third-order valence-electron chi connectivity index (χ3n) is 5.83. The number of hydrogen-bond acceptors (Lipinski definition) is 4. The van der Waals surface area contributed by atoms with Crippen LogP contribution in [0.1, 0.15) is 28.8 Å². The quantitative estimate of drug-likeness (QED) is 0.739. The number of nitrogens with zero attached hydrogens (tertiary/aromatic N) is 3. The summed E-state index contributed by atoms with van der Waals surface area (Å²) in [5.74, 6) is 1.11. The molecule has 0 bridgehead atoms. The summed E-state index contributed by atoms with van der Waals surface area (Å²) in [6.45, 7) is 5.53. The smallest absolute Gasteiger partial charge is 0.253 e. The minimum absolute atomic E-state index is 0.0519. The van der Waals surface area contributed by atoms with Gasteiger partial charge in [-0.3, -0.25) is 14.5 Å². The molecule has 158 valence electrons. The van der Waals surface area contributed by atoms with Crippen LogP contribution in [0.2, 0.25) is 0 Å². The highest BCUT2D eigenvalue weighted by Crippen LogP contribution is 2.15. The zero-order valence-corrected chi connectivity index (χ0v) is 17.3. The fourth-order valence-corrected chi connectivity index (χ4v) is 3.98. The topological polar surface area (TPSA) is 53.1 Å². The molecule has 2 aromatic carbocycles. The second-order valence-electron chi connectivity index (χ2n) is 7.95. The van der Waals surface area contributed by atoms with Crippen LogP contribution >= 0.6 is 0 Å². The van der Waals surface area contributed by atoms with Gasteiger partial charge in [-0.25, -0.2) is 0 Å². The largest absolute Gasteiger partial charge is 0.489 e. The van der Waals surface area contributed by atoms with E-state index in [9.17, 15) is 9.59 Å².